The largest absolute Gasteiger partial charge is 0.465 e. The number of hydrogen-bond donors (Lipinski definition) is 0. The minimum Gasteiger partial charge on any atom is -0.465 e. The summed E-state index contributed by atoms with van der Waals surface area (Å²) in [5.41, 5.74) is 1.57. The number of para-hydroxylation sites is 1. The molecule has 0 unspecified atom stereocenters. The van der Waals surface area contributed by atoms with Gasteiger partial charge < -0.3 is 4.74 Å². The van der Waals surface area contributed by atoms with Crippen molar-refractivity contribution < 1.29 is 14.3 Å². The van der Waals surface area contributed by atoms with Gasteiger partial charge in [-0.15, -0.1) is 0 Å². The van der Waals surface area contributed by atoms with Crippen molar-refractivity contribution >= 4 is 38.7 Å². The van der Waals surface area contributed by atoms with Gasteiger partial charge in [0.25, 0.3) is 5.91 Å². The lowest BCUT2D eigenvalue weighted by molar-refractivity contribution is 0.0603. The molecule has 2 aromatic carbocycles. The predicted molar refractivity (Wildman–Crippen MR) is 87.1 cm³/mol. The first kappa shape index (κ1) is 14.5. The average Bonchev–Trinajstić information content (AvgIpc) is 2.94. The van der Waals surface area contributed by atoms with Gasteiger partial charge in [-0.2, -0.15) is 0 Å². The molecule has 5 heteroatoms. The quantitative estimate of drug-likeness (QED) is 0.654. The number of aromatic nitrogens is 1. The van der Waals surface area contributed by atoms with Crippen LogP contribution in [0.4, 0.5) is 0 Å². The number of ether oxygens (including phenoxy) is 1. The number of hydrogen-bond acceptors (Lipinski definition) is 3. The van der Waals surface area contributed by atoms with Gasteiger partial charge in [-0.3, -0.25) is 9.36 Å². The van der Waals surface area contributed by atoms with E-state index in [1.54, 1.807) is 30.3 Å². The zero-order chi connectivity index (χ0) is 15.7. The van der Waals surface area contributed by atoms with Crippen molar-refractivity contribution in [3.63, 3.8) is 0 Å². The van der Waals surface area contributed by atoms with Crippen LogP contribution in [-0.4, -0.2) is 23.6 Å². The van der Waals surface area contributed by atoms with Gasteiger partial charge >= 0.3 is 5.97 Å². The minimum absolute atomic E-state index is 0.209. The second kappa shape index (κ2) is 5.77. The fourth-order valence-electron chi connectivity index (χ4n) is 2.38. The van der Waals surface area contributed by atoms with E-state index in [0.717, 1.165) is 0 Å². The molecule has 0 fully saturated rings. The SMILES string of the molecule is COC(=O)c1cn(C(=O)c2ccccc2Br)c2ccccc12. The number of esters is 1. The van der Waals surface area contributed by atoms with Gasteiger partial charge in [-0.1, -0.05) is 30.3 Å². The van der Waals surface area contributed by atoms with Crippen LogP contribution in [0.2, 0.25) is 0 Å². The highest BCUT2D eigenvalue weighted by molar-refractivity contribution is 9.10. The maximum atomic E-state index is 12.8. The fraction of sp³-hybridized carbons (Fsp3) is 0.0588. The third-order valence-corrected chi connectivity index (χ3v) is 4.13. The Morgan fingerprint density at radius 1 is 1.00 bits per heavy atom. The van der Waals surface area contributed by atoms with E-state index in [1.165, 1.54) is 17.9 Å². The van der Waals surface area contributed by atoms with Crippen molar-refractivity contribution in [2.45, 2.75) is 0 Å². The van der Waals surface area contributed by atoms with Crippen LogP contribution in [0.25, 0.3) is 10.9 Å². The Kier molecular flexibility index (Phi) is 3.81. The normalized spacial score (nSPS) is 10.6. The van der Waals surface area contributed by atoms with Crippen LogP contribution in [0.15, 0.2) is 59.2 Å². The van der Waals surface area contributed by atoms with Crippen molar-refractivity contribution in [2.75, 3.05) is 7.11 Å². The smallest absolute Gasteiger partial charge is 0.340 e. The number of carbonyl (C=O) groups is 2. The number of fused-ring (bicyclic) bond motifs is 1. The monoisotopic (exact) mass is 357 g/mol. The molecule has 0 aliphatic heterocycles. The molecule has 22 heavy (non-hydrogen) atoms. The van der Waals surface area contributed by atoms with E-state index < -0.39 is 5.97 Å². The van der Waals surface area contributed by atoms with Crippen LogP contribution in [0.5, 0.6) is 0 Å². The summed E-state index contributed by atoms with van der Waals surface area (Å²) in [7, 11) is 1.32. The maximum absolute atomic E-state index is 12.8. The zero-order valence-electron chi connectivity index (χ0n) is 11.7. The predicted octanol–water partition coefficient (Wildman–Crippen LogP) is 3.88. The Hall–Kier alpha value is -2.40. The summed E-state index contributed by atoms with van der Waals surface area (Å²) in [5, 5.41) is 0.690. The Balaban J connectivity index is 2.22. The molecular weight excluding hydrogens is 346 g/mol. The molecule has 0 aliphatic rings. The van der Waals surface area contributed by atoms with Crippen LogP contribution in [0.3, 0.4) is 0 Å². The second-order valence-electron chi connectivity index (χ2n) is 4.71. The summed E-state index contributed by atoms with van der Waals surface area (Å²) in [4.78, 5) is 24.7. The Labute approximate surface area is 135 Å². The van der Waals surface area contributed by atoms with Crippen molar-refractivity contribution in [2.24, 2.45) is 0 Å². The first-order valence-corrected chi connectivity index (χ1v) is 7.40. The lowest BCUT2D eigenvalue weighted by atomic mass is 10.2. The Bertz CT molecular complexity index is 882. The van der Waals surface area contributed by atoms with E-state index in [1.807, 2.05) is 18.2 Å². The van der Waals surface area contributed by atoms with Crippen LogP contribution < -0.4 is 0 Å². The molecule has 0 bridgehead atoms. The molecule has 0 atom stereocenters. The third kappa shape index (κ3) is 2.33. The molecule has 1 heterocycles. The molecule has 0 amide bonds. The first-order valence-electron chi connectivity index (χ1n) is 6.61. The van der Waals surface area contributed by atoms with Gasteiger partial charge in [-0.25, -0.2) is 4.79 Å². The van der Waals surface area contributed by atoms with Gasteiger partial charge in [0.1, 0.15) is 0 Å². The molecule has 3 aromatic rings. The van der Waals surface area contributed by atoms with Crippen molar-refractivity contribution in [1.29, 1.82) is 0 Å². The summed E-state index contributed by atoms with van der Waals surface area (Å²) >= 11 is 3.38. The van der Waals surface area contributed by atoms with Crippen molar-refractivity contribution in [3.8, 4) is 0 Å². The topological polar surface area (TPSA) is 48.3 Å². The highest BCUT2D eigenvalue weighted by atomic mass is 79.9. The summed E-state index contributed by atoms with van der Waals surface area (Å²) in [6.45, 7) is 0. The highest BCUT2D eigenvalue weighted by Gasteiger charge is 2.20. The average molecular weight is 358 g/mol. The highest BCUT2D eigenvalue weighted by Crippen LogP contribution is 2.25. The molecule has 0 radical (unpaired) electrons. The zero-order valence-corrected chi connectivity index (χ0v) is 13.3. The van der Waals surface area contributed by atoms with Crippen molar-refractivity contribution in [3.05, 3.63) is 70.3 Å². The van der Waals surface area contributed by atoms with Crippen LogP contribution in [0, 0.1) is 0 Å². The summed E-state index contributed by atoms with van der Waals surface area (Å²) in [6.07, 6.45) is 1.53. The Morgan fingerprint density at radius 3 is 2.41 bits per heavy atom. The fourth-order valence-corrected chi connectivity index (χ4v) is 2.84. The van der Waals surface area contributed by atoms with E-state index in [9.17, 15) is 9.59 Å². The number of rotatable bonds is 2. The summed E-state index contributed by atoms with van der Waals surface area (Å²) in [6, 6.07) is 14.4. The van der Waals surface area contributed by atoms with Gasteiger partial charge in [0.05, 0.1) is 23.8 Å². The minimum atomic E-state index is -0.463. The van der Waals surface area contributed by atoms with Crippen LogP contribution in [0.1, 0.15) is 20.7 Å². The van der Waals surface area contributed by atoms with E-state index in [2.05, 4.69) is 15.9 Å². The van der Waals surface area contributed by atoms with E-state index in [0.29, 0.717) is 26.5 Å². The number of halogens is 1. The molecule has 0 aliphatic carbocycles. The van der Waals surface area contributed by atoms with Gasteiger partial charge in [0.15, 0.2) is 0 Å². The molecule has 0 saturated carbocycles. The molecular formula is C17H12BrNO3. The number of benzene rings is 2. The molecule has 1 aromatic heterocycles. The molecule has 4 nitrogen and oxygen atoms in total. The first-order chi connectivity index (χ1) is 10.6. The van der Waals surface area contributed by atoms with E-state index >= 15 is 0 Å². The van der Waals surface area contributed by atoms with E-state index in [-0.39, 0.29) is 5.91 Å². The number of methoxy groups -OCH3 is 1. The van der Waals surface area contributed by atoms with Gasteiger partial charge in [0.2, 0.25) is 0 Å². The molecule has 0 spiro atoms. The van der Waals surface area contributed by atoms with E-state index in [4.69, 9.17) is 4.74 Å². The third-order valence-electron chi connectivity index (χ3n) is 3.44. The lowest BCUT2D eigenvalue weighted by Gasteiger charge is -2.05. The summed E-state index contributed by atoms with van der Waals surface area (Å²) in [5.74, 6) is -0.672. The van der Waals surface area contributed by atoms with Gasteiger partial charge in [0, 0.05) is 16.1 Å². The summed E-state index contributed by atoms with van der Waals surface area (Å²) < 4.78 is 6.97. The van der Waals surface area contributed by atoms with Crippen LogP contribution >= 0.6 is 15.9 Å². The number of carbonyl (C=O) groups excluding carboxylic acids is 2. The number of nitrogens with zero attached hydrogens (tertiary/aromatic N) is 1. The molecule has 110 valence electrons. The molecule has 3 rings (SSSR count). The second-order valence-corrected chi connectivity index (χ2v) is 5.56. The van der Waals surface area contributed by atoms with Crippen LogP contribution in [-0.2, 0) is 4.74 Å². The lowest BCUT2D eigenvalue weighted by Crippen LogP contribution is -2.11. The Morgan fingerprint density at radius 2 is 1.68 bits per heavy atom. The molecule has 0 N–H and O–H groups in total. The van der Waals surface area contributed by atoms with Crippen molar-refractivity contribution in [1.82, 2.24) is 4.57 Å². The molecule has 0 saturated heterocycles. The maximum Gasteiger partial charge on any atom is 0.340 e. The standard InChI is InChI=1S/C17H12BrNO3/c1-22-17(21)13-10-19(15-9-5-3-6-11(13)15)16(20)12-7-2-4-8-14(12)18/h2-10H,1H3. The van der Waals surface area contributed by atoms with Gasteiger partial charge in [-0.05, 0) is 34.1 Å².